The molecule has 3 nitrogen and oxygen atoms in total. The number of hydrogen-bond acceptors (Lipinski definition) is 3. The summed E-state index contributed by atoms with van der Waals surface area (Å²) in [5.41, 5.74) is 0.289. The fraction of sp³-hybridized carbons (Fsp3) is 1.00. The molecule has 0 bridgehead atoms. The van der Waals surface area contributed by atoms with Gasteiger partial charge in [-0.15, -0.1) is 0 Å². The van der Waals surface area contributed by atoms with E-state index in [1.54, 1.807) is 4.90 Å². The van der Waals surface area contributed by atoms with E-state index >= 15 is 0 Å². The van der Waals surface area contributed by atoms with Crippen LogP contribution in [-0.2, 0) is 0 Å². The van der Waals surface area contributed by atoms with Crippen LogP contribution in [0.25, 0.3) is 0 Å². The van der Waals surface area contributed by atoms with E-state index < -0.39 is 12.2 Å². The van der Waals surface area contributed by atoms with E-state index in [9.17, 15) is 13.2 Å². The van der Waals surface area contributed by atoms with Crippen molar-refractivity contribution in [1.82, 2.24) is 15.1 Å². The Kier molecular flexibility index (Phi) is 4.42. The normalized spacial score (nSPS) is 32.7. The van der Waals surface area contributed by atoms with Gasteiger partial charge >= 0.3 is 6.18 Å². The summed E-state index contributed by atoms with van der Waals surface area (Å²) in [5.74, 6) is 0. The highest BCUT2D eigenvalue weighted by molar-refractivity contribution is 4.89. The van der Waals surface area contributed by atoms with Crippen molar-refractivity contribution in [2.45, 2.75) is 32.5 Å². The van der Waals surface area contributed by atoms with Gasteiger partial charge in [0.05, 0.1) is 0 Å². The maximum absolute atomic E-state index is 12.7. The average Bonchev–Trinajstić information content (AvgIpc) is 2.75. The van der Waals surface area contributed by atoms with Crippen LogP contribution >= 0.6 is 0 Å². The van der Waals surface area contributed by atoms with Crippen molar-refractivity contribution < 1.29 is 13.2 Å². The van der Waals surface area contributed by atoms with Crippen LogP contribution in [0.2, 0.25) is 0 Å². The second-order valence-electron chi connectivity index (χ2n) is 6.27. The average molecular weight is 279 g/mol. The van der Waals surface area contributed by atoms with Crippen molar-refractivity contribution in [3.8, 4) is 0 Å². The zero-order chi connectivity index (χ0) is 14.1. The number of piperazine rings is 1. The molecular formula is C13H24F3N3. The third-order valence-electron chi connectivity index (χ3n) is 4.49. The van der Waals surface area contributed by atoms with Crippen molar-refractivity contribution in [2.75, 3.05) is 45.8 Å². The molecule has 2 unspecified atom stereocenters. The van der Waals surface area contributed by atoms with E-state index in [1.807, 2.05) is 0 Å². The Labute approximate surface area is 113 Å². The second kappa shape index (κ2) is 5.58. The van der Waals surface area contributed by atoms with Crippen molar-refractivity contribution in [3.05, 3.63) is 0 Å². The van der Waals surface area contributed by atoms with Gasteiger partial charge in [0.1, 0.15) is 6.04 Å². The van der Waals surface area contributed by atoms with Gasteiger partial charge < -0.3 is 10.2 Å². The number of nitrogens with one attached hydrogen (secondary N) is 1. The van der Waals surface area contributed by atoms with Crippen LogP contribution in [0.3, 0.4) is 0 Å². The van der Waals surface area contributed by atoms with Gasteiger partial charge in [-0.05, 0) is 25.3 Å². The summed E-state index contributed by atoms with van der Waals surface area (Å²) in [7, 11) is 0. The molecule has 1 N–H and O–H groups in total. The molecule has 2 aliphatic heterocycles. The molecule has 0 aromatic rings. The lowest BCUT2D eigenvalue weighted by atomic mass is 9.89. The molecule has 0 aromatic carbocycles. The quantitative estimate of drug-likeness (QED) is 0.846. The molecule has 0 aromatic heterocycles. The topological polar surface area (TPSA) is 18.5 Å². The molecule has 112 valence electrons. The van der Waals surface area contributed by atoms with Gasteiger partial charge in [-0.2, -0.15) is 13.2 Å². The van der Waals surface area contributed by atoms with Crippen molar-refractivity contribution in [3.63, 3.8) is 0 Å². The van der Waals surface area contributed by atoms with Gasteiger partial charge in [0, 0.05) is 39.3 Å². The van der Waals surface area contributed by atoms with Gasteiger partial charge in [-0.25, -0.2) is 0 Å². The van der Waals surface area contributed by atoms with E-state index in [1.165, 1.54) is 6.92 Å². The zero-order valence-electron chi connectivity index (χ0n) is 11.8. The van der Waals surface area contributed by atoms with Crippen molar-refractivity contribution in [2.24, 2.45) is 5.41 Å². The van der Waals surface area contributed by atoms with E-state index in [0.717, 1.165) is 39.1 Å². The van der Waals surface area contributed by atoms with Crippen molar-refractivity contribution >= 4 is 0 Å². The number of nitrogens with zero attached hydrogens (tertiary/aromatic N) is 2. The Morgan fingerprint density at radius 1 is 1.21 bits per heavy atom. The minimum absolute atomic E-state index is 0.289. The lowest BCUT2D eigenvalue weighted by Gasteiger charge is -2.41. The maximum atomic E-state index is 12.7. The first-order valence-corrected chi connectivity index (χ1v) is 7.04. The number of halogens is 3. The van der Waals surface area contributed by atoms with Crippen LogP contribution in [-0.4, -0.2) is 67.8 Å². The predicted molar refractivity (Wildman–Crippen MR) is 69.1 cm³/mol. The summed E-state index contributed by atoms with van der Waals surface area (Å²) in [6.07, 6.45) is -2.95. The molecule has 0 amide bonds. The Balaban J connectivity index is 1.79. The molecule has 2 fully saturated rings. The molecule has 0 spiro atoms. The Bertz CT molecular complexity index is 292. The third kappa shape index (κ3) is 3.83. The summed E-state index contributed by atoms with van der Waals surface area (Å²) in [6.45, 7) is 9.12. The molecule has 2 rings (SSSR count). The largest absolute Gasteiger partial charge is 0.403 e. The van der Waals surface area contributed by atoms with E-state index in [4.69, 9.17) is 0 Å². The van der Waals surface area contributed by atoms with Crippen LogP contribution in [0.15, 0.2) is 0 Å². The molecule has 0 radical (unpaired) electrons. The molecule has 0 aliphatic carbocycles. The molecule has 2 saturated heterocycles. The molecular weight excluding hydrogens is 255 g/mol. The lowest BCUT2D eigenvalue weighted by Crippen LogP contribution is -2.55. The predicted octanol–water partition coefficient (Wildman–Crippen LogP) is 1.55. The first-order valence-electron chi connectivity index (χ1n) is 7.04. The summed E-state index contributed by atoms with van der Waals surface area (Å²) >= 11 is 0. The van der Waals surface area contributed by atoms with Gasteiger partial charge in [-0.1, -0.05) is 6.92 Å². The Morgan fingerprint density at radius 2 is 1.84 bits per heavy atom. The van der Waals surface area contributed by atoms with Crippen LogP contribution < -0.4 is 5.32 Å². The molecule has 6 heteroatoms. The smallest absolute Gasteiger partial charge is 0.316 e. The Hall–Kier alpha value is -0.330. The second-order valence-corrected chi connectivity index (χ2v) is 6.27. The third-order valence-corrected chi connectivity index (χ3v) is 4.49. The first kappa shape index (κ1) is 15.1. The minimum atomic E-state index is -4.11. The van der Waals surface area contributed by atoms with Crippen LogP contribution in [0.4, 0.5) is 13.2 Å². The van der Waals surface area contributed by atoms with Crippen LogP contribution in [0.5, 0.6) is 0 Å². The number of hydrogen-bond donors (Lipinski definition) is 1. The van der Waals surface area contributed by atoms with Gasteiger partial charge in [-0.3, -0.25) is 4.90 Å². The highest BCUT2D eigenvalue weighted by Gasteiger charge is 2.41. The summed E-state index contributed by atoms with van der Waals surface area (Å²) in [4.78, 5) is 3.86. The summed E-state index contributed by atoms with van der Waals surface area (Å²) < 4.78 is 38.0. The molecule has 2 heterocycles. The van der Waals surface area contributed by atoms with Gasteiger partial charge in [0.25, 0.3) is 0 Å². The minimum Gasteiger partial charge on any atom is -0.316 e. The highest BCUT2D eigenvalue weighted by Crippen LogP contribution is 2.28. The summed E-state index contributed by atoms with van der Waals surface area (Å²) in [5, 5.41) is 3.36. The van der Waals surface area contributed by atoms with Gasteiger partial charge in [0.15, 0.2) is 0 Å². The maximum Gasteiger partial charge on any atom is 0.403 e. The van der Waals surface area contributed by atoms with E-state index in [-0.39, 0.29) is 5.41 Å². The molecule has 2 aliphatic rings. The number of rotatable bonds is 3. The molecule has 2 atom stereocenters. The zero-order valence-corrected chi connectivity index (χ0v) is 11.8. The standard InChI is InChI=1S/C13H24F3N3/c1-11(13(14,15)16)19-7-5-18(6-8-19)10-12(2)3-4-17-9-12/h11,17H,3-10H2,1-2H3. The van der Waals surface area contributed by atoms with Gasteiger partial charge in [0.2, 0.25) is 0 Å². The highest BCUT2D eigenvalue weighted by atomic mass is 19.4. The Morgan fingerprint density at radius 3 is 2.32 bits per heavy atom. The monoisotopic (exact) mass is 279 g/mol. The fourth-order valence-corrected chi connectivity index (χ4v) is 3.06. The number of alkyl halides is 3. The van der Waals surface area contributed by atoms with E-state index in [2.05, 4.69) is 17.1 Å². The molecule has 0 saturated carbocycles. The molecule has 19 heavy (non-hydrogen) atoms. The lowest BCUT2D eigenvalue weighted by molar-refractivity contribution is -0.182. The van der Waals surface area contributed by atoms with Crippen LogP contribution in [0.1, 0.15) is 20.3 Å². The van der Waals surface area contributed by atoms with Crippen molar-refractivity contribution in [1.29, 1.82) is 0 Å². The first-order chi connectivity index (χ1) is 8.80. The summed E-state index contributed by atoms with van der Waals surface area (Å²) in [6, 6.07) is -1.32. The fourth-order valence-electron chi connectivity index (χ4n) is 3.06. The van der Waals surface area contributed by atoms with E-state index in [0.29, 0.717) is 13.1 Å². The van der Waals surface area contributed by atoms with Crippen LogP contribution in [0, 0.1) is 5.41 Å². The SMILES string of the molecule is CC(N1CCN(CC2(C)CCNC2)CC1)C(F)(F)F.